The Balaban J connectivity index is 2.14. The lowest BCUT2D eigenvalue weighted by Gasteiger charge is -2.30. The quantitative estimate of drug-likeness (QED) is 0.847. The molecule has 118 valence electrons. The SMILES string of the molecule is CCN(CC(C)(C)CN)C(=O)c1cc2c(s1)CCCCC2. The highest BCUT2D eigenvalue weighted by molar-refractivity contribution is 7.14. The van der Waals surface area contributed by atoms with Gasteiger partial charge in [0.2, 0.25) is 0 Å². The van der Waals surface area contributed by atoms with E-state index in [0.29, 0.717) is 6.54 Å². The molecule has 1 aliphatic rings. The Bertz CT molecular complexity index is 469. The van der Waals surface area contributed by atoms with E-state index in [0.717, 1.165) is 30.8 Å². The first kappa shape index (κ1) is 16.5. The van der Waals surface area contributed by atoms with Crippen molar-refractivity contribution in [3.63, 3.8) is 0 Å². The molecule has 4 heteroatoms. The van der Waals surface area contributed by atoms with Crippen LogP contribution in [0.3, 0.4) is 0 Å². The number of nitrogens with two attached hydrogens (primary N) is 1. The molecule has 0 spiro atoms. The third kappa shape index (κ3) is 4.07. The maximum Gasteiger partial charge on any atom is 0.263 e. The molecule has 0 aliphatic heterocycles. The summed E-state index contributed by atoms with van der Waals surface area (Å²) in [6, 6.07) is 2.14. The van der Waals surface area contributed by atoms with Crippen molar-refractivity contribution in [1.29, 1.82) is 0 Å². The van der Waals surface area contributed by atoms with Crippen LogP contribution >= 0.6 is 11.3 Å². The summed E-state index contributed by atoms with van der Waals surface area (Å²) in [7, 11) is 0. The predicted molar refractivity (Wildman–Crippen MR) is 90.0 cm³/mol. The molecular formula is C17H28N2OS. The molecule has 0 bridgehead atoms. The van der Waals surface area contributed by atoms with Crippen molar-refractivity contribution in [2.24, 2.45) is 11.1 Å². The van der Waals surface area contributed by atoms with Gasteiger partial charge in [-0.1, -0.05) is 20.3 Å². The van der Waals surface area contributed by atoms with Gasteiger partial charge in [-0.3, -0.25) is 4.79 Å². The highest BCUT2D eigenvalue weighted by Crippen LogP contribution is 2.30. The molecule has 0 fully saturated rings. The molecule has 1 aliphatic carbocycles. The fourth-order valence-corrected chi connectivity index (χ4v) is 4.06. The summed E-state index contributed by atoms with van der Waals surface area (Å²) in [6.07, 6.45) is 6.12. The summed E-state index contributed by atoms with van der Waals surface area (Å²) in [5, 5.41) is 0. The van der Waals surface area contributed by atoms with Crippen LogP contribution in [0.1, 0.15) is 60.1 Å². The second-order valence-electron chi connectivity index (χ2n) is 6.81. The minimum Gasteiger partial charge on any atom is -0.338 e. The van der Waals surface area contributed by atoms with E-state index >= 15 is 0 Å². The molecule has 0 saturated carbocycles. The lowest BCUT2D eigenvalue weighted by Crippen LogP contribution is -2.41. The van der Waals surface area contributed by atoms with E-state index in [9.17, 15) is 4.79 Å². The molecule has 3 nitrogen and oxygen atoms in total. The van der Waals surface area contributed by atoms with Gasteiger partial charge in [-0.15, -0.1) is 11.3 Å². The summed E-state index contributed by atoms with van der Waals surface area (Å²) in [6.45, 7) is 8.34. The van der Waals surface area contributed by atoms with E-state index in [4.69, 9.17) is 5.73 Å². The topological polar surface area (TPSA) is 46.3 Å². The van der Waals surface area contributed by atoms with Gasteiger partial charge in [0.05, 0.1) is 4.88 Å². The first-order chi connectivity index (χ1) is 9.96. The Kier molecular flexibility index (Phi) is 5.44. The lowest BCUT2D eigenvalue weighted by molar-refractivity contribution is 0.0705. The Morgan fingerprint density at radius 1 is 1.33 bits per heavy atom. The van der Waals surface area contributed by atoms with Crippen LogP contribution in [0.4, 0.5) is 0 Å². The second kappa shape index (κ2) is 6.93. The highest BCUT2D eigenvalue weighted by Gasteiger charge is 2.25. The van der Waals surface area contributed by atoms with E-state index in [-0.39, 0.29) is 11.3 Å². The predicted octanol–water partition coefficient (Wildman–Crippen LogP) is 3.46. The van der Waals surface area contributed by atoms with Crippen LogP contribution in [0.2, 0.25) is 0 Å². The fraction of sp³-hybridized carbons (Fsp3) is 0.706. The maximum absolute atomic E-state index is 12.8. The summed E-state index contributed by atoms with van der Waals surface area (Å²) >= 11 is 1.71. The van der Waals surface area contributed by atoms with Gasteiger partial charge < -0.3 is 10.6 Å². The van der Waals surface area contributed by atoms with Crippen molar-refractivity contribution in [1.82, 2.24) is 4.90 Å². The Labute approximate surface area is 132 Å². The molecule has 0 unspecified atom stereocenters. The van der Waals surface area contributed by atoms with Gasteiger partial charge >= 0.3 is 0 Å². The minimum absolute atomic E-state index is 0.0278. The fourth-order valence-electron chi connectivity index (χ4n) is 2.84. The standard InChI is InChI=1S/C17H28N2OS/c1-4-19(12-17(2,3)11-18)16(20)15-10-13-8-6-5-7-9-14(13)21-15/h10H,4-9,11-12,18H2,1-3H3. The average molecular weight is 308 g/mol. The molecule has 2 rings (SSSR count). The first-order valence-corrected chi connectivity index (χ1v) is 8.89. The van der Waals surface area contributed by atoms with Crippen LogP contribution in [0, 0.1) is 5.41 Å². The third-order valence-corrected chi connectivity index (χ3v) is 5.52. The summed E-state index contributed by atoms with van der Waals surface area (Å²) in [5.74, 6) is 0.178. The summed E-state index contributed by atoms with van der Waals surface area (Å²) in [5.41, 5.74) is 7.19. The molecule has 1 aromatic rings. The number of hydrogen-bond acceptors (Lipinski definition) is 3. The molecule has 0 saturated heterocycles. The zero-order chi connectivity index (χ0) is 15.5. The van der Waals surface area contributed by atoms with Gasteiger partial charge in [-0.25, -0.2) is 0 Å². The first-order valence-electron chi connectivity index (χ1n) is 8.08. The van der Waals surface area contributed by atoms with Gasteiger partial charge in [0, 0.05) is 18.0 Å². The Morgan fingerprint density at radius 2 is 2.05 bits per heavy atom. The summed E-state index contributed by atoms with van der Waals surface area (Å²) in [4.78, 5) is 17.1. The molecule has 1 aromatic heterocycles. The second-order valence-corrected chi connectivity index (χ2v) is 7.94. The van der Waals surface area contributed by atoms with Crippen LogP contribution in [0.5, 0.6) is 0 Å². The number of aryl methyl sites for hydroxylation is 2. The monoisotopic (exact) mass is 308 g/mol. The van der Waals surface area contributed by atoms with Gasteiger partial charge in [0.1, 0.15) is 0 Å². The normalized spacial score (nSPS) is 15.4. The number of carbonyl (C=O) groups is 1. The average Bonchev–Trinajstić information content (AvgIpc) is 2.75. The van der Waals surface area contributed by atoms with Crippen LogP contribution in [0.25, 0.3) is 0 Å². The van der Waals surface area contributed by atoms with Crippen molar-refractivity contribution in [3.05, 3.63) is 21.4 Å². The van der Waals surface area contributed by atoms with Crippen molar-refractivity contribution in [3.8, 4) is 0 Å². The zero-order valence-electron chi connectivity index (χ0n) is 13.6. The third-order valence-electron chi connectivity index (χ3n) is 4.30. The van der Waals surface area contributed by atoms with Gasteiger partial charge in [-0.05, 0) is 56.2 Å². The number of thiophene rings is 1. The van der Waals surface area contributed by atoms with Gasteiger partial charge in [0.25, 0.3) is 5.91 Å². The van der Waals surface area contributed by atoms with E-state index in [1.54, 1.807) is 11.3 Å². The molecule has 0 aromatic carbocycles. The number of fused-ring (bicyclic) bond motifs is 1. The highest BCUT2D eigenvalue weighted by atomic mass is 32.1. The molecule has 1 heterocycles. The van der Waals surface area contributed by atoms with E-state index in [1.165, 1.54) is 29.7 Å². The van der Waals surface area contributed by atoms with Crippen LogP contribution in [-0.2, 0) is 12.8 Å². The lowest BCUT2D eigenvalue weighted by atomic mass is 9.93. The molecule has 0 radical (unpaired) electrons. The van der Waals surface area contributed by atoms with Gasteiger partial charge in [0.15, 0.2) is 0 Å². The van der Waals surface area contributed by atoms with Crippen molar-refractivity contribution >= 4 is 17.2 Å². The van der Waals surface area contributed by atoms with E-state index in [1.807, 2.05) is 11.8 Å². The van der Waals surface area contributed by atoms with Crippen LogP contribution in [-0.4, -0.2) is 30.4 Å². The van der Waals surface area contributed by atoms with Crippen LogP contribution < -0.4 is 5.73 Å². The molecule has 1 amide bonds. The molecule has 2 N–H and O–H groups in total. The summed E-state index contributed by atoms with van der Waals surface area (Å²) < 4.78 is 0. The minimum atomic E-state index is -0.0278. The number of nitrogens with zero attached hydrogens (tertiary/aromatic N) is 1. The maximum atomic E-state index is 12.8. The number of hydrogen-bond donors (Lipinski definition) is 1. The molecule has 0 atom stereocenters. The van der Waals surface area contributed by atoms with Crippen molar-refractivity contribution in [2.45, 2.75) is 52.9 Å². The van der Waals surface area contributed by atoms with Gasteiger partial charge in [-0.2, -0.15) is 0 Å². The molecular weight excluding hydrogens is 280 g/mol. The molecule has 21 heavy (non-hydrogen) atoms. The number of carbonyl (C=O) groups excluding carboxylic acids is 1. The zero-order valence-corrected chi connectivity index (χ0v) is 14.4. The number of rotatable bonds is 5. The Hall–Kier alpha value is -0.870. The van der Waals surface area contributed by atoms with Crippen molar-refractivity contribution in [2.75, 3.05) is 19.6 Å². The number of amides is 1. The largest absolute Gasteiger partial charge is 0.338 e. The van der Waals surface area contributed by atoms with Crippen LogP contribution in [0.15, 0.2) is 6.07 Å². The van der Waals surface area contributed by atoms with E-state index in [2.05, 4.69) is 19.9 Å². The smallest absolute Gasteiger partial charge is 0.263 e. The van der Waals surface area contributed by atoms with Crippen molar-refractivity contribution < 1.29 is 4.79 Å². The van der Waals surface area contributed by atoms with E-state index < -0.39 is 0 Å². The Morgan fingerprint density at radius 3 is 2.71 bits per heavy atom.